The Morgan fingerprint density at radius 3 is 1.00 bits per heavy atom. The molecule has 0 unspecified atom stereocenters. The van der Waals surface area contributed by atoms with Crippen LogP contribution in [0.25, 0.3) is 0 Å². The molecule has 0 aliphatic heterocycles. The number of quaternary nitrogens is 1. The van der Waals surface area contributed by atoms with Crippen molar-refractivity contribution in [2.45, 2.75) is 0 Å². The van der Waals surface area contributed by atoms with Crippen molar-refractivity contribution in [2.75, 3.05) is 0 Å². The van der Waals surface area contributed by atoms with Gasteiger partial charge >= 0.3 is 51.4 Å². The van der Waals surface area contributed by atoms with E-state index in [1.54, 1.807) is 0 Å². The first-order valence-corrected chi connectivity index (χ1v) is 0. The zero-order chi connectivity index (χ0) is 0. The monoisotopic (exact) mass is 263 g/mol. The van der Waals surface area contributed by atoms with Crippen molar-refractivity contribution in [3.63, 3.8) is 0 Å². The molecule has 0 heterocycles. The largest absolute Gasteiger partial charge is 1.00 e. The molecule has 0 saturated carbocycles. The fraction of sp³-hybridized carbons (Fsp3) is 0. The molecule has 0 atom stereocenters. The van der Waals surface area contributed by atoms with Gasteiger partial charge in [-0.25, -0.2) is 0 Å². The number of halogens is 2. The molecule has 0 aromatic heterocycles. The van der Waals surface area contributed by atoms with Crippen LogP contribution in [0.2, 0.25) is 0 Å². The summed E-state index contributed by atoms with van der Waals surface area (Å²) in [6, 6.07) is 0. The third-order valence-electron chi connectivity index (χ3n) is 0. The molecule has 0 amide bonds. The minimum Gasteiger partial charge on any atom is -1.00 e. The maximum Gasteiger partial charge on any atom is 1.00 e. The summed E-state index contributed by atoms with van der Waals surface area (Å²) in [7, 11) is 0. The van der Waals surface area contributed by atoms with Crippen LogP contribution in [0, 0.1) is 0 Å². The molecular weight excluding hydrogens is 260 g/mol. The van der Waals surface area contributed by atoms with E-state index in [4.69, 9.17) is 0 Å². The van der Waals surface area contributed by atoms with Crippen LogP contribution in [0.4, 0.5) is 0 Å². The summed E-state index contributed by atoms with van der Waals surface area (Å²) in [6.07, 6.45) is 0. The summed E-state index contributed by atoms with van der Waals surface area (Å²) in [5.41, 5.74) is 0. The van der Waals surface area contributed by atoms with E-state index in [1.807, 2.05) is 0 Å². The van der Waals surface area contributed by atoms with Gasteiger partial charge in [-0.1, -0.05) is 0 Å². The van der Waals surface area contributed by atoms with Gasteiger partial charge in [0.15, 0.2) is 0 Å². The van der Waals surface area contributed by atoms with Crippen LogP contribution >= 0.6 is 0 Å². The molecule has 0 spiro atoms. The standard InChI is InChI=1S/BrH.HI.K.H3N/h2*1H;;1H3/q;;+1;/p-1. The second-order valence-corrected chi connectivity index (χ2v) is 0. The first kappa shape index (κ1) is 29.1. The number of hydrogen-bond donors (Lipinski definition) is 1. The van der Waals surface area contributed by atoms with Crippen LogP contribution in [0.15, 0.2) is 0 Å². The summed E-state index contributed by atoms with van der Waals surface area (Å²) in [4.78, 5) is 0. The Morgan fingerprint density at radius 1 is 1.00 bits per heavy atom. The van der Waals surface area contributed by atoms with E-state index in [0.717, 1.165) is 0 Å². The van der Waals surface area contributed by atoms with Gasteiger partial charge in [-0.3, -0.25) is 0 Å². The number of hydrogen-bond acceptors (Lipinski definition) is 0. The first-order chi connectivity index (χ1) is 0. The molecule has 0 saturated heterocycles. The fourth-order valence-electron chi connectivity index (χ4n) is 0. The molecule has 0 aliphatic carbocycles. The predicted octanol–water partition coefficient (Wildman–Crippen LogP) is -8.61. The van der Waals surface area contributed by atoms with Gasteiger partial charge in [-0.2, -0.15) is 0 Å². The molecule has 0 aromatic carbocycles. The van der Waals surface area contributed by atoms with E-state index in [-0.39, 0.29) is 98.5 Å². The molecule has 24 valence electrons. The molecule has 1 nitrogen and oxygen atoms in total. The Hall–Kier alpha value is 2.81. The van der Waals surface area contributed by atoms with Gasteiger partial charge in [0.1, 0.15) is 0 Å². The molecule has 0 aromatic rings. The fourth-order valence-corrected chi connectivity index (χ4v) is 0. The Kier molecular flexibility index (Phi) is 124. The third-order valence-corrected chi connectivity index (χ3v) is 0. The van der Waals surface area contributed by atoms with E-state index in [0.29, 0.717) is 0 Å². The van der Waals surface area contributed by atoms with Crippen LogP contribution < -0.4 is 98.5 Å². The Labute approximate surface area is 96.1 Å². The summed E-state index contributed by atoms with van der Waals surface area (Å²) in [5, 5.41) is 0. The first-order valence-electron chi connectivity index (χ1n) is 0. The smallest absolute Gasteiger partial charge is 1.00 e. The molecule has 0 bridgehead atoms. The Balaban J connectivity index is 0. The van der Waals surface area contributed by atoms with E-state index in [1.165, 1.54) is 0 Å². The van der Waals surface area contributed by atoms with E-state index in [9.17, 15) is 0 Å². The topological polar surface area (TPSA) is 36.5 Å². The normalized spacial score (nSPS) is 0. The Morgan fingerprint density at radius 2 is 1.00 bits per heavy atom. The average Bonchev–Trinajstić information content (AvgIpc) is 0. The van der Waals surface area contributed by atoms with Crippen molar-refractivity contribution in [3.8, 4) is 0 Å². The summed E-state index contributed by atoms with van der Waals surface area (Å²) >= 11 is 0. The van der Waals surface area contributed by atoms with E-state index in [2.05, 4.69) is 0 Å². The van der Waals surface area contributed by atoms with Crippen molar-refractivity contribution in [3.05, 3.63) is 0 Å². The van der Waals surface area contributed by atoms with E-state index < -0.39 is 0 Å². The molecule has 0 fully saturated rings. The van der Waals surface area contributed by atoms with Gasteiger partial charge in [-0.05, 0) is 0 Å². The van der Waals surface area contributed by atoms with Gasteiger partial charge in [0, 0.05) is 0 Å². The minimum absolute atomic E-state index is 0. The number of rotatable bonds is 0. The Bertz CT molecular complexity index is 8.00. The van der Waals surface area contributed by atoms with Crippen LogP contribution in [0.1, 0.15) is 0 Å². The molecule has 4 heteroatoms. The third kappa shape index (κ3) is 8.84. The van der Waals surface area contributed by atoms with Gasteiger partial charge in [-0.15, -0.1) is 0 Å². The predicted molar refractivity (Wildman–Crippen MR) is 5.98 cm³/mol. The van der Waals surface area contributed by atoms with Crippen molar-refractivity contribution < 1.29 is 92.3 Å². The van der Waals surface area contributed by atoms with Crippen molar-refractivity contribution in [1.82, 2.24) is 6.15 Å². The van der Waals surface area contributed by atoms with E-state index >= 15 is 0 Å². The molecule has 4 N–H and O–H groups in total. The molecule has 4 heavy (non-hydrogen) atoms. The van der Waals surface area contributed by atoms with Gasteiger partial charge in [0.05, 0.1) is 0 Å². The maximum absolute atomic E-state index is 0. The zero-order valence-corrected chi connectivity index (χ0v) is 9.62. The molecule has 0 radical (unpaired) electrons. The van der Waals surface area contributed by atoms with Crippen LogP contribution in [0.3, 0.4) is 0 Å². The second-order valence-electron chi connectivity index (χ2n) is 0. The van der Waals surface area contributed by atoms with Crippen LogP contribution in [-0.4, -0.2) is 0 Å². The van der Waals surface area contributed by atoms with Gasteiger partial charge in [0.2, 0.25) is 0 Å². The zero-order valence-electron chi connectivity index (χ0n) is 2.76. The maximum atomic E-state index is 0. The van der Waals surface area contributed by atoms with Crippen LogP contribution in [-0.2, 0) is 0 Å². The molecule has 0 aliphatic rings. The van der Waals surface area contributed by atoms with Crippen molar-refractivity contribution in [2.24, 2.45) is 0 Å². The molecular formula is H4BrIKN. The van der Waals surface area contributed by atoms with Gasteiger partial charge < -0.3 is 47.1 Å². The van der Waals surface area contributed by atoms with Crippen molar-refractivity contribution in [1.29, 1.82) is 0 Å². The minimum atomic E-state index is 0. The quantitative estimate of drug-likeness (QED) is 0.333. The summed E-state index contributed by atoms with van der Waals surface area (Å²) in [5.74, 6) is 0. The van der Waals surface area contributed by atoms with Gasteiger partial charge in [0.25, 0.3) is 0 Å². The molecule has 0 rings (SSSR count). The SMILES string of the molecule is [Br-].[I-].[K+].[NH4+]. The van der Waals surface area contributed by atoms with Crippen molar-refractivity contribution >= 4 is 0 Å². The summed E-state index contributed by atoms with van der Waals surface area (Å²) in [6.45, 7) is 0. The second kappa shape index (κ2) is 17.0. The van der Waals surface area contributed by atoms with Crippen LogP contribution in [0.5, 0.6) is 0 Å². The summed E-state index contributed by atoms with van der Waals surface area (Å²) < 4.78 is 0. The average molecular weight is 264 g/mol.